The van der Waals surface area contributed by atoms with Gasteiger partial charge in [0.2, 0.25) is 0 Å². The Morgan fingerprint density at radius 3 is 2.03 bits per heavy atom. The molecule has 0 aliphatic carbocycles. The van der Waals surface area contributed by atoms with Crippen molar-refractivity contribution in [2.75, 3.05) is 0 Å². The van der Waals surface area contributed by atoms with Crippen molar-refractivity contribution in [2.24, 2.45) is 0 Å². The van der Waals surface area contributed by atoms with Crippen LogP contribution in [0, 0.1) is 0 Å². The molecule has 4 aromatic rings. The Morgan fingerprint density at radius 2 is 1.52 bits per heavy atom. The fourth-order valence-corrected chi connectivity index (χ4v) is 4.20. The first-order chi connectivity index (χ1) is 15.7. The summed E-state index contributed by atoms with van der Waals surface area (Å²) < 4.78 is 7.51. The monoisotopic (exact) mass is 442 g/mol. The Labute approximate surface area is 194 Å². The third kappa shape index (κ3) is 4.55. The molecule has 170 valence electrons. The highest BCUT2D eigenvalue weighted by atomic mass is 16.6. The molecule has 1 N–H and O–H groups in total. The van der Waals surface area contributed by atoms with Crippen molar-refractivity contribution < 1.29 is 14.6 Å². The zero-order chi connectivity index (χ0) is 23.6. The highest BCUT2D eigenvalue weighted by molar-refractivity contribution is 5.80. The molecule has 1 aromatic heterocycles. The van der Waals surface area contributed by atoms with Crippen LogP contribution in [0.3, 0.4) is 0 Å². The summed E-state index contributed by atoms with van der Waals surface area (Å²) in [6, 6.07) is 25.0. The van der Waals surface area contributed by atoms with Crippen LogP contribution in [0.5, 0.6) is 0 Å². The summed E-state index contributed by atoms with van der Waals surface area (Å²) in [5, 5.41) is 12.2. The van der Waals surface area contributed by atoms with Gasteiger partial charge in [0.05, 0.1) is 17.5 Å². The van der Waals surface area contributed by atoms with Crippen molar-refractivity contribution in [3.05, 3.63) is 101 Å². The second kappa shape index (κ2) is 8.83. The zero-order valence-corrected chi connectivity index (χ0v) is 19.6. The van der Waals surface area contributed by atoms with Crippen LogP contribution in [0.15, 0.2) is 78.9 Å². The van der Waals surface area contributed by atoms with E-state index >= 15 is 0 Å². The van der Waals surface area contributed by atoms with Crippen LogP contribution in [0.1, 0.15) is 50.2 Å². The van der Waals surface area contributed by atoms with Gasteiger partial charge in [0.1, 0.15) is 5.60 Å². The maximum Gasteiger partial charge on any atom is 0.310 e. The van der Waals surface area contributed by atoms with Crippen LogP contribution in [-0.4, -0.2) is 26.2 Å². The zero-order valence-electron chi connectivity index (χ0n) is 19.6. The lowest BCUT2D eigenvalue weighted by molar-refractivity contribution is -0.153. The molecule has 5 heteroatoms. The molecule has 0 atom stereocenters. The third-order valence-electron chi connectivity index (χ3n) is 5.60. The number of carbonyl (C=O) groups excluding carboxylic acids is 1. The molecule has 33 heavy (non-hydrogen) atoms. The molecule has 0 amide bonds. The summed E-state index contributed by atoms with van der Waals surface area (Å²) in [6.45, 7) is 8.23. The molecule has 0 unspecified atom stereocenters. The summed E-state index contributed by atoms with van der Waals surface area (Å²) in [5.74, 6) is 0.279. The fraction of sp³-hybridized carbons (Fsp3) is 0.286. The van der Waals surface area contributed by atoms with Gasteiger partial charge in [-0.2, -0.15) is 0 Å². The third-order valence-corrected chi connectivity index (χ3v) is 5.60. The van der Waals surface area contributed by atoms with E-state index in [0.29, 0.717) is 12.4 Å². The number of ether oxygens (including phenoxy) is 1. The molecule has 0 fully saturated rings. The largest absolute Gasteiger partial charge is 0.460 e. The van der Waals surface area contributed by atoms with Crippen molar-refractivity contribution in [1.29, 1.82) is 0 Å². The Morgan fingerprint density at radius 1 is 0.939 bits per heavy atom. The number of imidazole rings is 1. The maximum atomic E-state index is 12.4. The lowest BCUT2D eigenvalue weighted by atomic mass is 9.85. The quantitative estimate of drug-likeness (QED) is 0.416. The number of rotatable bonds is 6. The van der Waals surface area contributed by atoms with E-state index in [1.807, 2.05) is 111 Å². The van der Waals surface area contributed by atoms with Crippen molar-refractivity contribution in [3.8, 4) is 0 Å². The SMILES string of the molecule is CCn1c(C(O)(c2ccccc2)c2ccccc2)nc2ccc(CC(=O)OC(C)(C)C)cc21. The minimum atomic E-state index is -1.43. The number of esters is 1. The molecule has 0 saturated carbocycles. The summed E-state index contributed by atoms with van der Waals surface area (Å²) in [6.07, 6.45) is 0.180. The standard InChI is InChI=1S/C28H30N2O3/c1-5-30-24-18-20(19-25(31)33-27(2,3)4)16-17-23(24)29-26(30)28(32,21-12-8-6-9-13-21)22-14-10-7-11-15-22/h6-18,32H,5,19H2,1-4H3. The van der Waals surface area contributed by atoms with Crippen molar-refractivity contribution >= 4 is 17.0 Å². The van der Waals surface area contributed by atoms with E-state index in [1.54, 1.807) is 0 Å². The molecular formula is C28H30N2O3. The van der Waals surface area contributed by atoms with Gasteiger partial charge in [-0.3, -0.25) is 4.79 Å². The van der Waals surface area contributed by atoms with Gasteiger partial charge in [-0.25, -0.2) is 4.98 Å². The van der Waals surface area contributed by atoms with Gasteiger partial charge in [-0.15, -0.1) is 0 Å². The van der Waals surface area contributed by atoms with Crippen LogP contribution >= 0.6 is 0 Å². The number of hydrogen-bond acceptors (Lipinski definition) is 4. The summed E-state index contributed by atoms with van der Waals surface area (Å²) in [7, 11) is 0. The molecule has 5 nitrogen and oxygen atoms in total. The van der Waals surface area contributed by atoms with Crippen LogP contribution in [0.25, 0.3) is 11.0 Å². The van der Waals surface area contributed by atoms with Crippen molar-refractivity contribution in [1.82, 2.24) is 9.55 Å². The van der Waals surface area contributed by atoms with E-state index in [0.717, 1.165) is 27.7 Å². The Kier molecular flexibility index (Phi) is 6.09. The molecule has 0 saturated heterocycles. The molecular weight excluding hydrogens is 412 g/mol. The van der Waals surface area contributed by atoms with Gasteiger partial charge >= 0.3 is 5.97 Å². The number of aromatic nitrogens is 2. The predicted molar refractivity (Wildman–Crippen MR) is 130 cm³/mol. The molecule has 1 heterocycles. The van der Waals surface area contributed by atoms with Gasteiger partial charge in [-0.1, -0.05) is 66.7 Å². The van der Waals surface area contributed by atoms with Gasteiger partial charge in [0.25, 0.3) is 0 Å². The van der Waals surface area contributed by atoms with Crippen molar-refractivity contribution in [3.63, 3.8) is 0 Å². The minimum absolute atomic E-state index is 0.180. The smallest absolute Gasteiger partial charge is 0.310 e. The van der Waals surface area contributed by atoms with Gasteiger partial charge in [0, 0.05) is 6.54 Å². The van der Waals surface area contributed by atoms with E-state index in [2.05, 4.69) is 0 Å². The predicted octanol–water partition coefficient (Wildman–Crippen LogP) is 5.22. The van der Waals surface area contributed by atoms with Crippen LogP contribution in [-0.2, 0) is 28.1 Å². The van der Waals surface area contributed by atoms with Gasteiger partial charge in [0.15, 0.2) is 11.4 Å². The first-order valence-corrected chi connectivity index (χ1v) is 11.3. The van der Waals surface area contributed by atoms with Gasteiger partial charge in [-0.05, 0) is 56.5 Å². The minimum Gasteiger partial charge on any atom is -0.460 e. The van der Waals surface area contributed by atoms with E-state index in [4.69, 9.17) is 9.72 Å². The molecule has 0 aliphatic rings. The number of carbonyl (C=O) groups is 1. The molecule has 0 aliphatic heterocycles. The highest BCUT2D eigenvalue weighted by Crippen LogP contribution is 2.37. The molecule has 0 radical (unpaired) electrons. The summed E-state index contributed by atoms with van der Waals surface area (Å²) >= 11 is 0. The number of benzene rings is 3. The van der Waals surface area contributed by atoms with E-state index in [1.165, 1.54) is 0 Å². The molecule has 4 rings (SSSR count). The molecule has 0 spiro atoms. The van der Waals surface area contributed by atoms with Crippen LogP contribution in [0.2, 0.25) is 0 Å². The number of nitrogens with zero attached hydrogens (tertiary/aromatic N) is 2. The number of hydrogen-bond donors (Lipinski definition) is 1. The highest BCUT2D eigenvalue weighted by Gasteiger charge is 2.38. The van der Waals surface area contributed by atoms with Crippen molar-refractivity contribution in [2.45, 2.75) is 51.9 Å². The molecule has 3 aromatic carbocycles. The number of aryl methyl sites for hydroxylation is 1. The summed E-state index contributed by atoms with van der Waals surface area (Å²) in [4.78, 5) is 17.3. The first kappa shape index (κ1) is 22.7. The first-order valence-electron chi connectivity index (χ1n) is 11.3. The summed E-state index contributed by atoms with van der Waals surface area (Å²) in [5.41, 5.74) is 2.03. The van der Waals surface area contributed by atoms with Gasteiger partial charge < -0.3 is 14.4 Å². The lowest BCUT2D eigenvalue weighted by Gasteiger charge is -2.29. The van der Waals surface area contributed by atoms with E-state index < -0.39 is 11.2 Å². The fourth-order valence-electron chi connectivity index (χ4n) is 4.20. The van der Waals surface area contributed by atoms with E-state index in [-0.39, 0.29) is 12.4 Å². The topological polar surface area (TPSA) is 64.3 Å². The molecule has 0 bridgehead atoms. The Hall–Kier alpha value is -3.44. The van der Waals surface area contributed by atoms with E-state index in [9.17, 15) is 9.90 Å². The second-order valence-electron chi connectivity index (χ2n) is 9.21. The normalized spacial score (nSPS) is 12.2. The average Bonchev–Trinajstić information content (AvgIpc) is 3.16. The van der Waals surface area contributed by atoms with Crippen LogP contribution in [0.4, 0.5) is 0 Å². The maximum absolute atomic E-state index is 12.4. The second-order valence-corrected chi connectivity index (χ2v) is 9.21. The number of aliphatic hydroxyl groups is 1. The lowest BCUT2D eigenvalue weighted by Crippen LogP contribution is -2.32. The average molecular weight is 443 g/mol. The van der Waals surface area contributed by atoms with Crippen LogP contribution < -0.4 is 0 Å². The number of fused-ring (bicyclic) bond motifs is 1. The Bertz CT molecular complexity index is 1220. The Balaban J connectivity index is 1.85.